The Morgan fingerprint density at radius 2 is 1.88 bits per heavy atom. The van der Waals surface area contributed by atoms with Gasteiger partial charge in [0.25, 0.3) is 5.91 Å². The van der Waals surface area contributed by atoms with Crippen molar-refractivity contribution in [2.75, 3.05) is 37.7 Å². The zero-order valence-corrected chi connectivity index (χ0v) is 19.2. The third-order valence-electron chi connectivity index (χ3n) is 6.64. The molecule has 3 heterocycles. The van der Waals surface area contributed by atoms with Gasteiger partial charge in [-0.15, -0.1) is 5.10 Å². The minimum absolute atomic E-state index is 0.114. The Labute approximate surface area is 195 Å². The summed E-state index contributed by atoms with van der Waals surface area (Å²) in [5.74, 6) is 0.114. The lowest BCUT2D eigenvalue weighted by Crippen LogP contribution is -2.48. The summed E-state index contributed by atoms with van der Waals surface area (Å²) in [5, 5.41) is 8.74. The first-order valence-electron chi connectivity index (χ1n) is 11.9. The zero-order valence-electron chi connectivity index (χ0n) is 19.2. The van der Waals surface area contributed by atoms with Gasteiger partial charge in [-0.25, -0.2) is 4.68 Å². The first kappa shape index (κ1) is 21.6. The van der Waals surface area contributed by atoms with Gasteiger partial charge in [0.15, 0.2) is 0 Å². The second-order valence-electron chi connectivity index (χ2n) is 8.96. The predicted molar refractivity (Wildman–Crippen MR) is 128 cm³/mol. The molecule has 2 aliphatic heterocycles. The lowest BCUT2D eigenvalue weighted by molar-refractivity contribution is 0.00370. The van der Waals surface area contributed by atoms with E-state index < -0.39 is 0 Å². The molecule has 0 saturated carbocycles. The van der Waals surface area contributed by atoms with Crippen LogP contribution < -0.4 is 4.90 Å². The summed E-state index contributed by atoms with van der Waals surface area (Å²) in [7, 11) is 0. The molecule has 7 nitrogen and oxygen atoms in total. The molecule has 0 aliphatic carbocycles. The number of nitrogens with zero attached hydrogens (tertiary/aromatic N) is 5. The molecule has 5 rings (SSSR count). The molecule has 3 aromatic rings. The molecule has 172 valence electrons. The lowest BCUT2D eigenvalue weighted by Gasteiger charge is -2.36. The fourth-order valence-electron chi connectivity index (χ4n) is 4.73. The van der Waals surface area contributed by atoms with E-state index >= 15 is 0 Å². The number of aromatic nitrogens is 3. The highest BCUT2D eigenvalue weighted by Crippen LogP contribution is 2.27. The van der Waals surface area contributed by atoms with Crippen LogP contribution in [0.1, 0.15) is 35.2 Å². The Morgan fingerprint density at radius 3 is 2.61 bits per heavy atom. The number of hydrogen-bond acceptors (Lipinski definition) is 5. The first-order chi connectivity index (χ1) is 16.2. The van der Waals surface area contributed by atoms with Crippen LogP contribution in [0.2, 0.25) is 0 Å². The Hall–Kier alpha value is -3.19. The molecule has 2 aliphatic rings. The van der Waals surface area contributed by atoms with Crippen molar-refractivity contribution in [1.82, 2.24) is 19.9 Å². The van der Waals surface area contributed by atoms with Gasteiger partial charge >= 0.3 is 0 Å². The molecule has 1 aromatic heterocycles. The Kier molecular flexibility index (Phi) is 6.39. The summed E-state index contributed by atoms with van der Waals surface area (Å²) in [4.78, 5) is 17.0. The topological polar surface area (TPSA) is 63.5 Å². The number of anilines is 1. The highest BCUT2D eigenvalue weighted by Gasteiger charge is 2.23. The minimum Gasteiger partial charge on any atom is -0.376 e. The molecule has 0 unspecified atom stereocenters. The van der Waals surface area contributed by atoms with Crippen LogP contribution in [0.15, 0.2) is 54.7 Å². The van der Waals surface area contributed by atoms with Gasteiger partial charge in [0.2, 0.25) is 0 Å². The maximum Gasteiger partial charge on any atom is 0.253 e. The summed E-state index contributed by atoms with van der Waals surface area (Å²) < 4.78 is 7.74. The van der Waals surface area contributed by atoms with E-state index in [1.807, 2.05) is 46.1 Å². The molecule has 0 radical (unpaired) electrons. The smallest absolute Gasteiger partial charge is 0.253 e. The largest absolute Gasteiger partial charge is 0.376 e. The summed E-state index contributed by atoms with van der Waals surface area (Å²) in [5.41, 5.74) is 5.12. The van der Waals surface area contributed by atoms with Crippen molar-refractivity contribution in [2.45, 2.75) is 38.8 Å². The Bertz CT molecular complexity index is 1080. The highest BCUT2D eigenvalue weighted by molar-refractivity contribution is 5.94. The van der Waals surface area contributed by atoms with Crippen LogP contribution in [-0.4, -0.2) is 64.7 Å². The number of carbonyl (C=O) groups excluding carboxylic acids is 1. The molecule has 1 atom stereocenters. The number of benzene rings is 2. The first-order valence-corrected chi connectivity index (χ1v) is 11.9. The molecule has 0 bridgehead atoms. The van der Waals surface area contributed by atoms with Gasteiger partial charge in [-0.2, -0.15) is 0 Å². The van der Waals surface area contributed by atoms with Crippen molar-refractivity contribution in [3.63, 3.8) is 0 Å². The van der Waals surface area contributed by atoms with Gasteiger partial charge in [0.1, 0.15) is 5.69 Å². The van der Waals surface area contributed by atoms with E-state index in [9.17, 15) is 4.79 Å². The minimum atomic E-state index is 0.114. The van der Waals surface area contributed by atoms with Crippen LogP contribution in [0.3, 0.4) is 0 Å². The van der Waals surface area contributed by atoms with Gasteiger partial charge in [-0.3, -0.25) is 4.79 Å². The summed E-state index contributed by atoms with van der Waals surface area (Å²) in [6, 6.07) is 16.0. The van der Waals surface area contributed by atoms with E-state index in [0.717, 1.165) is 69.0 Å². The second kappa shape index (κ2) is 9.75. The fraction of sp³-hybridized carbons (Fsp3) is 0.423. The average molecular weight is 446 g/mol. The molecular formula is C26H31N5O2. The summed E-state index contributed by atoms with van der Waals surface area (Å²) in [6.07, 6.45) is 5.73. The number of amides is 1. The molecule has 1 amide bonds. The van der Waals surface area contributed by atoms with E-state index in [1.54, 1.807) is 0 Å². The van der Waals surface area contributed by atoms with E-state index in [0.29, 0.717) is 0 Å². The van der Waals surface area contributed by atoms with Crippen molar-refractivity contribution in [3.05, 3.63) is 65.9 Å². The van der Waals surface area contributed by atoms with E-state index in [-0.39, 0.29) is 12.0 Å². The number of carbonyl (C=O) groups is 1. The maximum absolute atomic E-state index is 12.7. The molecule has 33 heavy (non-hydrogen) atoms. The number of rotatable bonds is 5. The lowest BCUT2D eigenvalue weighted by atomic mass is 10.0. The molecule has 7 heteroatoms. The Balaban J connectivity index is 1.21. The average Bonchev–Trinajstić information content (AvgIpc) is 3.33. The highest BCUT2D eigenvalue weighted by atomic mass is 16.5. The van der Waals surface area contributed by atoms with Crippen LogP contribution in [-0.2, 0) is 11.3 Å². The fourth-order valence-corrected chi connectivity index (χ4v) is 4.73. The van der Waals surface area contributed by atoms with Crippen molar-refractivity contribution in [3.8, 4) is 11.3 Å². The summed E-state index contributed by atoms with van der Waals surface area (Å²) in [6.45, 7) is 6.84. The van der Waals surface area contributed by atoms with Crippen molar-refractivity contribution < 1.29 is 9.53 Å². The maximum atomic E-state index is 12.7. The summed E-state index contributed by atoms with van der Waals surface area (Å²) >= 11 is 0. The van der Waals surface area contributed by atoms with Crippen LogP contribution in [0.25, 0.3) is 11.3 Å². The van der Waals surface area contributed by atoms with Crippen LogP contribution in [0.5, 0.6) is 0 Å². The monoisotopic (exact) mass is 445 g/mol. The molecule has 2 saturated heterocycles. The van der Waals surface area contributed by atoms with Gasteiger partial charge in [0, 0.05) is 49.6 Å². The second-order valence-corrected chi connectivity index (χ2v) is 8.96. The normalized spacial score (nSPS) is 19.0. The predicted octanol–water partition coefficient (Wildman–Crippen LogP) is 3.79. The van der Waals surface area contributed by atoms with E-state index in [1.165, 1.54) is 17.7 Å². The SMILES string of the molecule is Cc1cc(N2CCN(C(=O)c3ccccc3)CC2)ccc1-c1cn(C[C@H]2CCCCO2)nn1. The molecule has 0 N–H and O–H groups in total. The molecule has 2 aromatic carbocycles. The number of ether oxygens (including phenoxy) is 1. The molecular weight excluding hydrogens is 414 g/mol. The third-order valence-corrected chi connectivity index (χ3v) is 6.64. The van der Waals surface area contributed by atoms with Gasteiger partial charge < -0.3 is 14.5 Å². The van der Waals surface area contributed by atoms with Crippen LogP contribution >= 0.6 is 0 Å². The molecule has 2 fully saturated rings. The number of hydrogen-bond donors (Lipinski definition) is 0. The molecule has 0 spiro atoms. The van der Waals surface area contributed by atoms with Crippen LogP contribution in [0.4, 0.5) is 5.69 Å². The van der Waals surface area contributed by atoms with Gasteiger partial charge in [-0.1, -0.05) is 29.5 Å². The zero-order chi connectivity index (χ0) is 22.6. The van der Waals surface area contributed by atoms with Crippen molar-refractivity contribution in [2.24, 2.45) is 0 Å². The Morgan fingerprint density at radius 1 is 1.06 bits per heavy atom. The quantitative estimate of drug-likeness (QED) is 0.598. The van der Waals surface area contributed by atoms with Crippen molar-refractivity contribution in [1.29, 1.82) is 0 Å². The third kappa shape index (κ3) is 4.93. The van der Waals surface area contributed by atoms with Gasteiger partial charge in [0.05, 0.1) is 18.8 Å². The van der Waals surface area contributed by atoms with Crippen LogP contribution in [0, 0.1) is 6.92 Å². The van der Waals surface area contributed by atoms with Gasteiger partial charge in [-0.05, 0) is 56.0 Å². The number of piperazine rings is 1. The number of aryl methyl sites for hydroxylation is 1. The van der Waals surface area contributed by atoms with E-state index in [4.69, 9.17) is 4.74 Å². The standard InChI is InChI=1S/C26H31N5O2/c1-20-17-22(29-12-14-30(15-13-29)26(32)21-7-3-2-4-8-21)10-11-24(20)25-19-31(28-27-25)18-23-9-5-6-16-33-23/h2-4,7-8,10-11,17,19,23H,5-6,9,12-16,18H2,1H3/t23-/m1/s1. The van der Waals surface area contributed by atoms with Crippen molar-refractivity contribution >= 4 is 11.6 Å². The van der Waals surface area contributed by atoms with E-state index in [2.05, 4.69) is 40.3 Å².